The van der Waals surface area contributed by atoms with Crippen LogP contribution in [0.4, 0.5) is 5.69 Å². The van der Waals surface area contributed by atoms with Crippen LogP contribution in [0.2, 0.25) is 5.02 Å². The van der Waals surface area contributed by atoms with Crippen LogP contribution in [0.15, 0.2) is 18.2 Å². The minimum absolute atomic E-state index is 0.521. The maximum atomic E-state index is 6.04. The van der Waals surface area contributed by atoms with Crippen LogP contribution in [0.3, 0.4) is 0 Å². The zero-order valence-corrected chi connectivity index (χ0v) is 10.5. The van der Waals surface area contributed by atoms with Crippen LogP contribution in [-0.4, -0.2) is 37.7 Å². The molecule has 2 aliphatic rings. The first-order valence-corrected chi connectivity index (χ1v) is 6.57. The molecule has 0 radical (unpaired) electrons. The van der Waals surface area contributed by atoms with Gasteiger partial charge in [-0.1, -0.05) is 17.7 Å². The van der Waals surface area contributed by atoms with Crippen molar-refractivity contribution in [1.82, 2.24) is 4.90 Å². The summed E-state index contributed by atoms with van der Waals surface area (Å²) in [6, 6.07) is 6.70. The van der Waals surface area contributed by atoms with E-state index in [4.69, 9.17) is 16.3 Å². The molecule has 3 rings (SSSR count). The number of morpholine rings is 1. The smallest absolute Gasteiger partial charge is 0.0594 e. The largest absolute Gasteiger partial charge is 0.385 e. The van der Waals surface area contributed by atoms with Crippen molar-refractivity contribution in [2.24, 2.45) is 0 Å². The number of nitrogens with zero attached hydrogens (tertiary/aromatic N) is 1. The molecule has 1 unspecified atom stereocenters. The van der Waals surface area contributed by atoms with Crippen molar-refractivity contribution in [3.05, 3.63) is 28.8 Å². The van der Waals surface area contributed by atoms with Gasteiger partial charge in [0.25, 0.3) is 0 Å². The van der Waals surface area contributed by atoms with Crippen LogP contribution in [0, 0.1) is 0 Å². The minimum Gasteiger partial charge on any atom is -0.385 e. The van der Waals surface area contributed by atoms with E-state index in [9.17, 15) is 0 Å². The fraction of sp³-hybridized carbons (Fsp3) is 0.538. The minimum atomic E-state index is 0.521. The fourth-order valence-electron chi connectivity index (χ4n) is 2.74. The third-order valence-electron chi connectivity index (χ3n) is 3.59. The first kappa shape index (κ1) is 11.3. The molecule has 0 spiro atoms. The molecule has 0 saturated carbocycles. The van der Waals surface area contributed by atoms with Gasteiger partial charge in [0.15, 0.2) is 0 Å². The molecule has 0 bridgehead atoms. The van der Waals surface area contributed by atoms with Crippen LogP contribution in [0.1, 0.15) is 18.0 Å². The fourth-order valence-corrected chi connectivity index (χ4v) is 2.91. The van der Waals surface area contributed by atoms with Crippen LogP contribution >= 0.6 is 11.6 Å². The van der Waals surface area contributed by atoms with Crippen molar-refractivity contribution in [1.29, 1.82) is 0 Å². The van der Waals surface area contributed by atoms with E-state index in [1.807, 2.05) is 12.1 Å². The Hall–Kier alpha value is -0.770. The summed E-state index contributed by atoms with van der Waals surface area (Å²) in [7, 11) is 0. The highest BCUT2D eigenvalue weighted by Gasteiger charge is 2.26. The number of hydrogen-bond donors (Lipinski definition) is 1. The van der Waals surface area contributed by atoms with Gasteiger partial charge in [-0.05, 0) is 24.1 Å². The Morgan fingerprint density at radius 1 is 1.29 bits per heavy atom. The average Bonchev–Trinajstić information content (AvgIpc) is 2.39. The van der Waals surface area contributed by atoms with Crippen molar-refractivity contribution in [2.45, 2.75) is 12.5 Å². The predicted molar refractivity (Wildman–Crippen MR) is 69.7 cm³/mol. The van der Waals surface area contributed by atoms with Crippen LogP contribution in [-0.2, 0) is 4.74 Å². The zero-order chi connectivity index (χ0) is 11.7. The van der Waals surface area contributed by atoms with Crippen molar-refractivity contribution in [3.63, 3.8) is 0 Å². The summed E-state index contributed by atoms with van der Waals surface area (Å²) in [5.41, 5.74) is 2.57. The van der Waals surface area contributed by atoms with Crippen LogP contribution in [0.25, 0.3) is 0 Å². The van der Waals surface area contributed by atoms with Gasteiger partial charge in [0.2, 0.25) is 0 Å². The number of ether oxygens (including phenoxy) is 1. The third-order valence-corrected chi connectivity index (χ3v) is 3.83. The second-order valence-electron chi connectivity index (χ2n) is 4.61. The molecule has 92 valence electrons. The van der Waals surface area contributed by atoms with Gasteiger partial charge in [0.1, 0.15) is 0 Å². The van der Waals surface area contributed by atoms with Gasteiger partial charge in [-0.25, -0.2) is 0 Å². The summed E-state index contributed by atoms with van der Waals surface area (Å²) < 4.78 is 5.42. The quantitative estimate of drug-likeness (QED) is 0.831. The Morgan fingerprint density at radius 2 is 2.12 bits per heavy atom. The Balaban J connectivity index is 1.88. The second kappa shape index (κ2) is 4.84. The highest BCUT2D eigenvalue weighted by atomic mass is 35.5. The van der Waals surface area contributed by atoms with Crippen molar-refractivity contribution >= 4 is 17.3 Å². The summed E-state index contributed by atoms with van der Waals surface area (Å²) in [6.45, 7) is 4.80. The summed E-state index contributed by atoms with van der Waals surface area (Å²) in [5, 5.41) is 4.23. The third kappa shape index (κ3) is 2.28. The lowest BCUT2D eigenvalue weighted by atomic mass is 9.96. The van der Waals surface area contributed by atoms with Crippen LogP contribution < -0.4 is 5.32 Å². The molecule has 1 saturated heterocycles. The highest BCUT2D eigenvalue weighted by molar-refractivity contribution is 6.30. The average molecular weight is 253 g/mol. The number of rotatable bonds is 1. The van der Waals surface area contributed by atoms with Crippen molar-refractivity contribution in [3.8, 4) is 0 Å². The van der Waals surface area contributed by atoms with E-state index in [0.717, 1.165) is 44.3 Å². The van der Waals surface area contributed by atoms with E-state index in [2.05, 4.69) is 16.3 Å². The lowest BCUT2D eigenvalue weighted by Crippen LogP contribution is -2.41. The van der Waals surface area contributed by atoms with E-state index in [-0.39, 0.29) is 0 Å². The van der Waals surface area contributed by atoms with Crippen LogP contribution in [0.5, 0.6) is 0 Å². The highest BCUT2D eigenvalue weighted by Crippen LogP contribution is 2.35. The van der Waals surface area contributed by atoms with Gasteiger partial charge in [-0.3, -0.25) is 4.90 Å². The number of nitrogens with one attached hydrogen (secondary N) is 1. The number of anilines is 1. The molecule has 3 nitrogen and oxygen atoms in total. The molecule has 17 heavy (non-hydrogen) atoms. The monoisotopic (exact) mass is 252 g/mol. The summed E-state index contributed by atoms with van der Waals surface area (Å²) in [4.78, 5) is 2.52. The number of hydrogen-bond acceptors (Lipinski definition) is 3. The van der Waals surface area contributed by atoms with Gasteiger partial charge in [-0.15, -0.1) is 0 Å². The molecule has 1 aromatic carbocycles. The maximum Gasteiger partial charge on any atom is 0.0594 e. The molecule has 1 aromatic rings. The molecule has 4 heteroatoms. The van der Waals surface area contributed by atoms with E-state index >= 15 is 0 Å². The Morgan fingerprint density at radius 3 is 2.94 bits per heavy atom. The van der Waals surface area contributed by atoms with E-state index in [1.165, 1.54) is 11.3 Å². The summed E-state index contributed by atoms with van der Waals surface area (Å²) in [5.74, 6) is 0. The standard InChI is InChI=1S/C13H17ClN2O/c14-10-1-2-11-12(9-10)15-4-3-13(11)16-5-7-17-8-6-16/h1-2,9,13,15H,3-8H2. The van der Waals surface area contributed by atoms with E-state index < -0.39 is 0 Å². The van der Waals surface area contributed by atoms with E-state index in [0.29, 0.717) is 6.04 Å². The first-order valence-electron chi connectivity index (χ1n) is 6.20. The van der Waals surface area contributed by atoms with Gasteiger partial charge >= 0.3 is 0 Å². The van der Waals surface area contributed by atoms with Gasteiger partial charge in [-0.2, -0.15) is 0 Å². The molecule has 0 aliphatic carbocycles. The Bertz CT molecular complexity index is 404. The van der Waals surface area contributed by atoms with Gasteiger partial charge < -0.3 is 10.1 Å². The number of benzene rings is 1. The van der Waals surface area contributed by atoms with Crippen molar-refractivity contribution < 1.29 is 4.74 Å². The summed E-state index contributed by atoms with van der Waals surface area (Å²) in [6.07, 6.45) is 1.16. The normalized spacial score (nSPS) is 25.1. The molecular weight excluding hydrogens is 236 g/mol. The zero-order valence-electron chi connectivity index (χ0n) is 9.79. The lowest BCUT2D eigenvalue weighted by molar-refractivity contribution is 0.0144. The number of halogens is 1. The number of fused-ring (bicyclic) bond motifs is 1. The molecule has 0 amide bonds. The van der Waals surface area contributed by atoms with Gasteiger partial charge in [0, 0.05) is 36.4 Å². The maximum absolute atomic E-state index is 6.04. The molecular formula is C13H17ClN2O. The van der Waals surface area contributed by atoms with Gasteiger partial charge in [0.05, 0.1) is 13.2 Å². The SMILES string of the molecule is Clc1ccc2c(c1)NCCC2N1CCOCC1. The Labute approximate surface area is 107 Å². The molecule has 1 atom stereocenters. The molecule has 1 fully saturated rings. The second-order valence-corrected chi connectivity index (χ2v) is 5.05. The topological polar surface area (TPSA) is 24.5 Å². The molecule has 0 aromatic heterocycles. The Kier molecular flexibility index (Phi) is 3.23. The first-order chi connectivity index (χ1) is 8.34. The van der Waals surface area contributed by atoms with Crippen molar-refractivity contribution in [2.75, 3.05) is 38.2 Å². The lowest BCUT2D eigenvalue weighted by Gasteiger charge is -2.38. The molecule has 2 heterocycles. The molecule has 2 aliphatic heterocycles. The van der Waals surface area contributed by atoms with E-state index in [1.54, 1.807) is 0 Å². The predicted octanol–water partition coefficient (Wildman–Crippen LogP) is 2.53. The summed E-state index contributed by atoms with van der Waals surface area (Å²) >= 11 is 6.04. The molecule has 1 N–H and O–H groups in total.